The van der Waals surface area contributed by atoms with Crippen LogP contribution in [0.25, 0.3) is 11.2 Å². The maximum Gasteiger partial charge on any atom is 0.472 e. The second-order valence-electron chi connectivity index (χ2n) is 16.4. The molecule has 0 amide bonds. The number of nitrogens with zero attached hydrogens (tertiary/aromatic N) is 5. The summed E-state index contributed by atoms with van der Waals surface area (Å²) < 4.78 is 109. The second kappa shape index (κ2) is 22.5. The molecule has 10 atom stereocenters. The number of H-pyrrole nitrogens is 1. The number of nitrogens with two attached hydrogens (primary N) is 1. The average molecular weight is 1020 g/mol. The first-order valence-corrected chi connectivity index (χ1v) is 26.9. The van der Waals surface area contributed by atoms with Crippen molar-refractivity contribution in [1.29, 1.82) is 0 Å². The Balaban J connectivity index is 0.980. The Morgan fingerprint density at radius 3 is 2.26 bits per heavy atom. The maximum absolute atomic E-state index is 16.5. The summed E-state index contributed by atoms with van der Waals surface area (Å²) in [6.45, 7) is -3.79. The topological polar surface area (TPSA) is 270 Å². The fourth-order valence-electron chi connectivity index (χ4n) is 7.95. The Hall–Kier alpha value is -4.87. The lowest BCUT2D eigenvalue weighted by atomic mass is 10.1. The number of aromatic amines is 1. The van der Waals surface area contributed by atoms with Gasteiger partial charge in [-0.1, -0.05) is 76.1 Å². The molecule has 6 heterocycles. The summed E-state index contributed by atoms with van der Waals surface area (Å²) in [4.78, 5) is 62.8. The third kappa shape index (κ3) is 12.2. The van der Waals surface area contributed by atoms with Gasteiger partial charge in [-0.2, -0.15) is 0 Å². The summed E-state index contributed by atoms with van der Waals surface area (Å²) in [6, 6.07) is 13.9. The number of imidazole rings is 1. The number of hydrogen-bond acceptors (Lipinski definition) is 18. The molecule has 0 saturated carbocycles. The summed E-state index contributed by atoms with van der Waals surface area (Å²) >= 11 is 0.596. The van der Waals surface area contributed by atoms with Gasteiger partial charge < -0.3 is 29.6 Å². The Labute approximate surface area is 397 Å². The minimum Gasteiger partial charge on any atom is -0.493 e. The number of alkyl halides is 2. The van der Waals surface area contributed by atoms with Gasteiger partial charge in [0.1, 0.15) is 53.3 Å². The molecule has 5 aromatic rings. The molecule has 3 saturated heterocycles. The number of halogens is 2. The van der Waals surface area contributed by atoms with Gasteiger partial charge in [-0.15, -0.1) is 0 Å². The quantitative estimate of drug-likeness (QED) is 0.0362. The van der Waals surface area contributed by atoms with Crippen LogP contribution in [-0.4, -0.2) is 96.5 Å². The molecule has 69 heavy (non-hydrogen) atoms. The Bertz CT molecular complexity index is 2790. The number of para-hydroxylation sites is 1. The van der Waals surface area contributed by atoms with Crippen LogP contribution < -0.4 is 26.5 Å². The monoisotopic (exact) mass is 1020 g/mol. The smallest absolute Gasteiger partial charge is 0.472 e. The first-order chi connectivity index (χ1) is 33.2. The maximum atomic E-state index is 16.5. The molecule has 0 aliphatic carbocycles. The number of esters is 1. The Kier molecular flexibility index (Phi) is 16.5. The lowest BCUT2D eigenvalue weighted by molar-refractivity contribution is -0.0619. The van der Waals surface area contributed by atoms with Crippen molar-refractivity contribution in [3.63, 3.8) is 0 Å². The zero-order chi connectivity index (χ0) is 48.7. The normalized spacial score (nSPS) is 28.3. The number of anilines is 1. The van der Waals surface area contributed by atoms with E-state index in [1.807, 2.05) is 4.98 Å². The minimum atomic E-state index is -5.24. The van der Waals surface area contributed by atoms with E-state index < -0.39 is 94.3 Å². The Morgan fingerprint density at radius 2 is 1.54 bits per heavy atom. The van der Waals surface area contributed by atoms with Crippen molar-refractivity contribution < 1.29 is 64.6 Å². The molecule has 3 aliphatic heterocycles. The third-order valence-corrected chi connectivity index (χ3v) is 16.2. The molecule has 3 fully saturated rings. The predicted octanol–water partition coefficient (Wildman–Crippen LogP) is 7.13. The van der Waals surface area contributed by atoms with Crippen molar-refractivity contribution in [2.24, 2.45) is 0 Å². The van der Waals surface area contributed by atoms with E-state index in [-0.39, 0.29) is 34.0 Å². The molecule has 372 valence electrons. The molecule has 3 aliphatic rings. The predicted molar refractivity (Wildman–Crippen MR) is 245 cm³/mol. The van der Waals surface area contributed by atoms with E-state index in [0.717, 1.165) is 42.4 Å². The van der Waals surface area contributed by atoms with Gasteiger partial charge in [-0.25, -0.2) is 42.5 Å². The van der Waals surface area contributed by atoms with Gasteiger partial charge in [0, 0.05) is 18.0 Å². The van der Waals surface area contributed by atoms with Gasteiger partial charge in [0.05, 0.1) is 26.1 Å². The van der Waals surface area contributed by atoms with Crippen molar-refractivity contribution >= 4 is 49.0 Å². The SMILES string of the molecule is CCCCCCCCCCOc1ccccc1C(=O)Oc1ccc(CSP2(=O)OC[C@H]3O[C@@H](n4cnc5c(N)ncnc54)[C@H](F)[C@@H]3OP(=O)(O)OC[C@H]3O[C@@H](n4ccc(=O)[nH]c4=O)[C@H](F)[C@@H]3O2)cc1. The van der Waals surface area contributed by atoms with E-state index in [9.17, 15) is 28.4 Å². The minimum absolute atomic E-state index is 0.0143. The number of ether oxygens (including phenoxy) is 4. The number of hydrogen-bond donors (Lipinski definition) is 3. The molecule has 3 aromatic heterocycles. The highest BCUT2D eigenvalue weighted by atomic mass is 32.7. The van der Waals surface area contributed by atoms with Gasteiger partial charge in [-0.05, 0) is 47.6 Å². The van der Waals surface area contributed by atoms with Gasteiger partial charge in [-0.3, -0.25) is 37.0 Å². The van der Waals surface area contributed by atoms with Crippen molar-refractivity contribution in [2.45, 2.75) is 113 Å². The molecule has 8 rings (SSSR count). The molecular formula is C43H51F2N7O14P2S. The van der Waals surface area contributed by atoms with E-state index >= 15 is 8.78 Å². The van der Waals surface area contributed by atoms with Crippen LogP contribution in [0.3, 0.4) is 0 Å². The lowest BCUT2D eigenvalue weighted by Crippen LogP contribution is -2.38. The number of aromatic nitrogens is 6. The fourth-order valence-corrected chi connectivity index (χ4v) is 12.3. The molecule has 0 radical (unpaired) electrons. The van der Waals surface area contributed by atoms with Crippen molar-refractivity contribution in [2.75, 3.05) is 25.6 Å². The number of benzene rings is 2. The number of rotatable bonds is 17. The van der Waals surface area contributed by atoms with Gasteiger partial charge >= 0.3 is 26.3 Å². The zero-order valence-electron chi connectivity index (χ0n) is 37.2. The third-order valence-electron chi connectivity index (χ3n) is 11.5. The number of phosphoric acid groups is 1. The molecule has 4 N–H and O–H groups in total. The first kappa shape index (κ1) is 50.5. The van der Waals surface area contributed by atoms with E-state index in [0.29, 0.717) is 33.9 Å². The number of nitrogen functional groups attached to an aromatic ring is 1. The van der Waals surface area contributed by atoms with Crippen LogP contribution in [0.2, 0.25) is 0 Å². The van der Waals surface area contributed by atoms with Crippen LogP contribution >= 0.6 is 26.0 Å². The summed E-state index contributed by atoms with van der Waals surface area (Å²) in [7, 11) is -5.24. The van der Waals surface area contributed by atoms with Crippen molar-refractivity contribution in [3.05, 3.63) is 105 Å². The number of carbonyl (C=O) groups excluding carboxylic acids is 1. The molecule has 2 aromatic carbocycles. The van der Waals surface area contributed by atoms with Crippen molar-refractivity contribution in [1.82, 2.24) is 29.1 Å². The van der Waals surface area contributed by atoms with Crippen LogP contribution in [0.4, 0.5) is 14.6 Å². The van der Waals surface area contributed by atoms with Crippen LogP contribution in [0.15, 0.2) is 83.0 Å². The largest absolute Gasteiger partial charge is 0.493 e. The molecule has 0 bridgehead atoms. The molecular weight excluding hydrogens is 971 g/mol. The van der Waals surface area contributed by atoms with Gasteiger partial charge in [0.25, 0.3) is 5.56 Å². The Morgan fingerprint density at radius 1 is 0.870 bits per heavy atom. The van der Waals surface area contributed by atoms with E-state index in [2.05, 4.69) is 21.9 Å². The van der Waals surface area contributed by atoms with Crippen LogP contribution in [-0.2, 0) is 42.5 Å². The fraction of sp³-hybridized carbons (Fsp3) is 0.488. The summed E-state index contributed by atoms with van der Waals surface area (Å²) in [5.41, 5.74) is 5.00. The average Bonchev–Trinajstić information content (AvgIpc) is 3.99. The van der Waals surface area contributed by atoms with E-state index in [4.69, 9.17) is 42.8 Å². The highest BCUT2D eigenvalue weighted by Gasteiger charge is 2.55. The molecule has 2 unspecified atom stereocenters. The zero-order valence-corrected chi connectivity index (χ0v) is 39.8. The van der Waals surface area contributed by atoms with Gasteiger partial charge in [0.15, 0.2) is 36.3 Å². The number of phosphoric ester groups is 1. The highest BCUT2D eigenvalue weighted by Crippen LogP contribution is 2.65. The summed E-state index contributed by atoms with van der Waals surface area (Å²) in [5.74, 6) is -0.197. The van der Waals surface area contributed by atoms with E-state index in [1.54, 1.807) is 36.4 Å². The van der Waals surface area contributed by atoms with Crippen LogP contribution in [0.5, 0.6) is 11.5 Å². The van der Waals surface area contributed by atoms with Crippen LogP contribution in [0.1, 0.15) is 86.7 Å². The molecule has 21 nitrogen and oxygen atoms in total. The number of fused-ring (bicyclic) bond motifs is 3. The number of nitrogens with one attached hydrogen (secondary N) is 1. The van der Waals surface area contributed by atoms with Crippen molar-refractivity contribution in [3.8, 4) is 11.5 Å². The summed E-state index contributed by atoms with van der Waals surface area (Å²) in [5, 5.41) is 0. The highest BCUT2D eigenvalue weighted by molar-refractivity contribution is 8.54. The molecule has 26 heteroatoms. The second-order valence-corrected chi connectivity index (χ2v) is 21.8. The number of unbranched alkanes of at least 4 members (excludes halogenated alkanes) is 7. The summed E-state index contributed by atoms with van der Waals surface area (Å²) in [6.07, 6.45) is -2.67. The van der Waals surface area contributed by atoms with E-state index in [1.165, 1.54) is 50.6 Å². The number of carbonyl (C=O) groups is 1. The van der Waals surface area contributed by atoms with Gasteiger partial charge in [0.2, 0.25) is 0 Å². The standard InChI is InChI=1S/C43H51F2N7O14P2S/c1-2-3-4-5-6-7-8-11-20-59-29-13-10-9-12-28(29)42(54)62-27-16-14-26(15-17-27)23-69-68(58)61-22-31-36(33(44)41(64-31)52-25-49-35-38(46)47-24-48-39(35)52)65-67(56,57)60-21-30-37(66-68)34(45)40(63-30)51-19-18-32(53)50-43(51)55/h9-10,12-19,24-25,30-31,33-34,36-37,40-41H,2-8,11,20-23H2,1H3,(H,56,57)(H2,46,47,48)(H,50,53,55)/t30-,31-,33-,34-,36-,37-,40-,41-,68?/m1/s1. The first-order valence-electron chi connectivity index (χ1n) is 22.3. The van der Waals surface area contributed by atoms with Crippen LogP contribution in [0, 0.1) is 0 Å². The lowest BCUT2D eigenvalue weighted by Gasteiger charge is -2.29. The molecule has 0 spiro atoms.